The fourth-order valence-corrected chi connectivity index (χ4v) is 2.29. The SMILES string of the molecule is CCOc1c(Br)cc(Cl)cc1NC(C)C(C)(C)O. The first kappa shape index (κ1) is 15.6. The summed E-state index contributed by atoms with van der Waals surface area (Å²) in [6.45, 7) is 7.90. The van der Waals surface area contributed by atoms with Gasteiger partial charge in [-0.05, 0) is 55.8 Å². The van der Waals surface area contributed by atoms with Crippen LogP contribution in [0.2, 0.25) is 5.02 Å². The van der Waals surface area contributed by atoms with Gasteiger partial charge in [-0.25, -0.2) is 0 Å². The molecule has 0 fully saturated rings. The van der Waals surface area contributed by atoms with Crippen LogP contribution in [0.5, 0.6) is 5.75 Å². The molecule has 0 bridgehead atoms. The molecule has 2 N–H and O–H groups in total. The molecule has 0 amide bonds. The van der Waals surface area contributed by atoms with E-state index in [0.717, 1.165) is 10.2 Å². The number of nitrogens with one attached hydrogen (secondary N) is 1. The topological polar surface area (TPSA) is 41.5 Å². The largest absolute Gasteiger partial charge is 0.491 e. The second-order valence-corrected chi connectivity index (χ2v) is 6.01. The van der Waals surface area contributed by atoms with Gasteiger partial charge >= 0.3 is 0 Å². The van der Waals surface area contributed by atoms with E-state index >= 15 is 0 Å². The van der Waals surface area contributed by atoms with E-state index in [9.17, 15) is 5.11 Å². The first-order chi connectivity index (χ1) is 8.25. The van der Waals surface area contributed by atoms with Gasteiger partial charge in [0.25, 0.3) is 0 Å². The molecule has 102 valence electrons. The molecule has 1 aromatic rings. The van der Waals surface area contributed by atoms with E-state index in [1.807, 2.05) is 13.8 Å². The molecular weight excluding hydrogens is 318 g/mol. The molecule has 0 aliphatic rings. The van der Waals surface area contributed by atoms with Crippen molar-refractivity contribution in [1.82, 2.24) is 0 Å². The molecule has 3 nitrogen and oxygen atoms in total. The number of hydrogen-bond donors (Lipinski definition) is 2. The Hall–Kier alpha value is -0.450. The van der Waals surface area contributed by atoms with Gasteiger partial charge in [0.1, 0.15) is 0 Å². The first-order valence-electron chi connectivity index (χ1n) is 5.86. The van der Waals surface area contributed by atoms with Crippen LogP contribution in [0.1, 0.15) is 27.7 Å². The zero-order valence-corrected chi connectivity index (χ0v) is 13.4. The van der Waals surface area contributed by atoms with Gasteiger partial charge in [-0.15, -0.1) is 0 Å². The molecule has 5 heteroatoms. The monoisotopic (exact) mass is 335 g/mol. The van der Waals surface area contributed by atoms with Crippen molar-refractivity contribution in [3.63, 3.8) is 0 Å². The Kier molecular flexibility index (Phi) is 5.32. The quantitative estimate of drug-likeness (QED) is 0.851. The molecule has 0 spiro atoms. The minimum absolute atomic E-state index is 0.137. The molecule has 0 heterocycles. The number of aliphatic hydroxyl groups is 1. The Balaban J connectivity index is 3.06. The number of rotatable bonds is 5. The predicted molar refractivity (Wildman–Crippen MR) is 79.7 cm³/mol. The maximum Gasteiger partial charge on any atom is 0.156 e. The Bertz CT molecular complexity index is 418. The summed E-state index contributed by atoms with van der Waals surface area (Å²) in [6, 6.07) is 3.44. The van der Waals surface area contributed by atoms with Crippen molar-refractivity contribution >= 4 is 33.2 Å². The van der Waals surface area contributed by atoms with E-state index in [1.54, 1.807) is 26.0 Å². The summed E-state index contributed by atoms with van der Waals surface area (Å²) in [6.07, 6.45) is 0. The summed E-state index contributed by atoms with van der Waals surface area (Å²) in [5.41, 5.74) is -0.0657. The van der Waals surface area contributed by atoms with Gasteiger partial charge in [0.2, 0.25) is 0 Å². The van der Waals surface area contributed by atoms with Crippen LogP contribution in [0.4, 0.5) is 5.69 Å². The lowest BCUT2D eigenvalue weighted by Crippen LogP contribution is -2.39. The van der Waals surface area contributed by atoms with Crippen LogP contribution in [0.15, 0.2) is 16.6 Å². The van der Waals surface area contributed by atoms with Gasteiger partial charge < -0.3 is 15.2 Å². The second-order valence-electron chi connectivity index (χ2n) is 4.72. The highest BCUT2D eigenvalue weighted by atomic mass is 79.9. The fraction of sp³-hybridized carbons (Fsp3) is 0.538. The van der Waals surface area contributed by atoms with Crippen LogP contribution in [0, 0.1) is 0 Å². The zero-order chi connectivity index (χ0) is 13.9. The van der Waals surface area contributed by atoms with Crippen molar-refractivity contribution in [2.75, 3.05) is 11.9 Å². The van der Waals surface area contributed by atoms with Crippen molar-refractivity contribution in [3.05, 3.63) is 21.6 Å². The summed E-state index contributed by atoms with van der Waals surface area (Å²) in [5.74, 6) is 0.706. The van der Waals surface area contributed by atoms with Crippen molar-refractivity contribution < 1.29 is 9.84 Å². The number of ether oxygens (including phenoxy) is 1. The Morgan fingerprint density at radius 3 is 2.61 bits per heavy atom. The Morgan fingerprint density at radius 1 is 1.50 bits per heavy atom. The Morgan fingerprint density at radius 2 is 2.11 bits per heavy atom. The van der Waals surface area contributed by atoms with Gasteiger partial charge in [0.05, 0.1) is 28.4 Å². The lowest BCUT2D eigenvalue weighted by molar-refractivity contribution is 0.0648. The molecule has 1 unspecified atom stereocenters. The third kappa shape index (κ3) is 4.04. The van der Waals surface area contributed by atoms with Gasteiger partial charge in [-0.1, -0.05) is 11.6 Å². The van der Waals surface area contributed by atoms with Crippen LogP contribution in [-0.4, -0.2) is 23.4 Å². The maximum atomic E-state index is 9.96. The van der Waals surface area contributed by atoms with Crippen LogP contribution in [0.25, 0.3) is 0 Å². The van der Waals surface area contributed by atoms with Crippen molar-refractivity contribution in [2.24, 2.45) is 0 Å². The normalized spacial score (nSPS) is 13.3. The maximum absolute atomic E-state index is 9.96. The van der Waals surface area contributed by atoms with E-state index < -0.39 is 5.60 Å². The number of halogens is 2. The summed E-state index contributed by atoms with van der Waals surface area (Å²) in [4.78, 5) is 0. The summed E-state index contributed by atoms with van der Waals surface area (Å²) >= 11 is 9.46. The first-order valence-corrected chi connectivity index (χ1v) is 7.03. The molecule has 0 aromatic heterocycles. The molecule has 1 atom stereocenters. The molecule has 0 aliphatic heterocycles. The summed E-state index contributed by atoms with van der Waals surface area (Å²) in [5, 5.41) is 13.8. The van der Waals surface area contributed by atoms with Crippen LogP contribution >= 0.6 is 27.5 Å². The lowest BCUT2D eigenvalue weighted by Gasteiger charge is -2.28. The van der Waals surface area contributed by atoms with E-state index in [4.69, 9.17) is 16.3 Å². The molecule has 18 heavy (non-hydrogen) atoms. The van der Waals surface area contributed by atoms with Gasteiger partial charge in [0, 0.05) is 5.02 Å². The van der Waals surface area contributed by atoms with Crippen LogP contribution in [-0.2, 0) is 0 Å². The molecule has 0 saturated carbocycles. The van der Waals surface area contributed by atoms with Crippen molar-refractivity contribution in [3.8, 4) is 5.75 Å². The minimum atomic E-state index is -0.835. The molecule has 0 saturated heterocycles. The van der Waals surface area contributed by atoms with E-state index in [1.165, 1.54) is 0 Å². The highest BCUT2D eigenvalue weighted by molar-refractivity contribution is 9.10. The minimum Gasteiger partial charge on any atom is -0.491 e. The number of hydrogen-bond acceptors (Lipinski definition) is 3. The van der Waals surface area contributed by atoms with Gasteiger partial charge in [-0.2, -0.15) is 0 Å². The molecule has 1 aromatic carbocycles. The van der Waals surface area contributed by atoms with Crippen molar-refractivity contribution in [1.29, 1.82) is 0 Å². The molecule has 0 aliphatic carbocycles. The molecular formula is C13H19BrClNO2. The van der Waals surface area contributed by atoms with E-state index in [2.05, 4.69) is 21.2 Å². The summed E-state index contributed by atoms with van der Waals surface area (Å²) < 4.78 is 6.38. The standard InChI is InChI=1S/C13H19BrClNO2/c1-5-18-12-10(14)6-9(15)7-11(12)16-8(2)13(3,4)17/h6-8,16-17H,5H2,1-4H3. The zero-order valence-electron chi connectivity index (χ0n) is 11.1. The second kappa shape index (κ2) is 6.13. The summed E-state index contributed by atoms with van der Waals surface area (Å²) in [7, 11) is 0. The smallest absolute Gasteiger partial charge is 0.156 e. The highest BCUT2D eigenvalue weighted by Gasteiger charge is 2.23. The average molecular weight is 337 g/mol. The third-order valence-corrected chi connectivity index (χ3v) is 3.54. The molecule has 1 rings (SSSR count). The van der Waals surface area contributed by atoms with Gasteiger partial charge in [0.15, 0.2) is 5.75 Å². The Labute approximate surface area is 122 Å². The fourth-order valence-electron chi connectivity index (χ4n) is 1.37. The van der Waals surface area contributed by atoms with E-state index in [0.29, 0.717) is 17.4 Å². The third-order valence-electron chi connectivity index (χ3n) is 2.73. The number of anilines is 1. The van der Waals surface area contributed by atoms with Crippen LogP contribution in [0.3, 0.4) is 0 Å². The molecule has 0 radical (unpaired) electrons. The highest BCUT2D eigenvalue weighted by Crippen LogP contribution is 2.37. The average Bonchev–Trinajstić information content (AvgIpc) is 2.21. The van der Waals surface area contributed by atoms with Gasteiger partial charge in [-0.3, -0.25) is 0 Å². The lowest BCUT2D eigenvalue weighted by atomic mass is 10.0. The number of benzene rings is 1. The predicted octanol–water partition coefficient (Wildman–Crippen LogP) is 4.07. The van der Waals surface area contributed by atoms with E-state index in [-0.39, 0.29) is 6.04 Å². The van der Waals surface area contributed by atoms with Crippen molar-refractivity contribution in [2.45, 2.75) is 39.3 Å². The van der Waals surface area contributed by atoms with Crippen LogP contribution < -0.4 is 10.1 Å².